The molecule has 0 aromatic carbocycles. The molecular weight excluding hydrogens is 168 g/mol. The number of ether oxygens (including phenoxy) is 2. The zero-order valence-electron chi connectivity index (χ0n) is 8.37. The minimum Gasteiger partial charge on any atom is -0.376 e. The van der Waals surface area contributed by atoms with Crippen LogP contribution in [0.25, 0.3) is 0 Å². The van der Waals surface area contributed by atoms with Gasteiger partial charge in [-0.2, -0.15) is 0 Å². The number of hydrogen-bond acceptors (Lipinski definition) is 4. The highest BCUT2D eigenvalue weighted by atomic mass is 16.6. The molecule has 0 aromatic heterocycles. The summed E-state index contributed by atoms with van der Waals surface area (Å²) >= 11 is 0. The maximum absolute atomic E-state index is 5.55. The molecule has 0 aliphatic carbocycles. The molecule has 1 saturated heterocycles. The van der Waals surface area contributed by atoms with Gasteiger partial charge in [0.05, 0.1) is 25.9 Å². The number of hydrogen-bond donors (Lipinski definition) is 1. The Balaban J connectivity index is 2.18. The summed E-state index contributed by atoms with van der Waals surface area (Å²) in [5.74, 6) is 0. The summed E-state index contributed by atoms with van der Waals surface area (Å²) in [5, 5.41) is 0. The van der Waals surface area contributed by atoms with Crippen molar-refractivity contribution < 1.29 is 9.47 Å². The van der Waals surface area contributed by atoms with E-state index in [2.05, 4.69) is 11.8 Å². The normalized spacial score (nSPS) is 23.8. The summed E-state index contributed by atoms with van der Waals surface area (Å²) in [6.07, 6.45) is 0.236. The second kappa shape index (κ2) is 6.32. The van der Waals surface area contributed by atoms with Crippen LogP contribution in [0.3, 0.4) is 0 Å². The molecule has 1 aliphatic rings. The fourth-order valence-electron chi connectivity index (χ4n) is 1.49. The number of nitrogens with two attached hydrogens (primary N) is 1. The fourth-order valence-corrected chi connectivity index (χ4v) is 1.49. The first-order chi connectivity index (χ1) is 6.36. The second-order valence-corrected chi connectivity index (χ2v) is 3.25. The van der Waals surface area contributed by atoms with Crippen LogP contribution in [0.4, 0.5) is 0 Å². The summed E-state index contributed by atoms with van der Waals surface area (Å²) in [4.78, 5) is 2.29. The highest BCUT2D eigenvalue weighted by Gasteiger charge is 2.16. The van der Waals surface area contributed by atoms with Gasteiger partial charge in [-0.1, -0.05) is 6.92 Å². The maximum Gasteiger partial charge on any atom is 0.0936 e. The van der Waals surface area contributed by atoms with E-state index in [1.165, 1.54) is 0 Å². The van der Waals surface area contributed by atoms with Crippen LogP contribution in [-0.4, -0.2) is 57.0 Å². The van der Waals surface area contributed by atoms with Gasteiger partial charge >= 0.3 is 0 Å². The van der Waals surface area contributed by atoms with E-state index in [-0.39, 0.29) is 6.10 Å². The molecule has 13 heavy (non-hydrogen) atoms. The molecule has 4 nitrogen and oxygen atoms in total. The van der Waals surface area contributed by atoms with Gasteiger partial charge < -0.3 is 15.2 Å². The molecular formula is C9H20N2O2. The van der Waals surface area contributed by atoms with Gasteiger partial charge in [-0.05, 0) is 6.54 Å². The lowest BCUT2D eigenvalue weighted by Crippen LogP contribution is -2.41. The molecule has 1 unspecified atom stereocenters. The average molecular weight is 188 g/mol. The van der Waals surface area contributed by atoms with E-state index in [0.29, 0.717) is 6.54 Å². The third-order valence-corrected chi connectivity index (χ3v) is 2.24. The van der Waals surface area contributed by atoms with Crippen molar-refractivity contribution in [2.24, 2.45) is 5.73 Å². The third kappa shape index (κ3) is 4.04. The highest BCUT2D eigenvalue weighted by molar-refractivity contribution is 4.67. The molecule has 2 N–H and O–H groups in total. The van der Waals surface area contributed by atoms with Crippen molar-refractivity contribution in [3.8, 4) is 0 Å². The Morgan fingerprint density at radius 2 is 2.31 bits per heavy atom. The standard InChI is InChI=1S/C9H20N2O2/c1-2-11(4-3-10)7-9-8-12-5-6-13-9/h9H,2-8,10H2,1H3. The molecule has 0 amide bonds. The SMILES string of the molecule is CCN(CCN)CC1COCCO1. The van der Waals surface area contributed by atoms with Crippen molar-refractivity contribution in [2.45, 2.75) is 13.0 Å². The van der Waals surface area contributed by atoms with Crippen LogP contribution in [0.15, 0.2) is 0 Å². The lowest BCUT2D eigenvalue weighted by molar-refractivity contribution is -0.0969. The molecule has 1 rings (SSSR count). The van der Waals surface area contributed by atoms with Crippen molar-refractivity contribution in [1.82, 2.24) is 4.90 Å². The first-order valence-electron chi connectivity index (χ1n) is 4.98. The van der Waals surface area contributed by atoms with Gasteiger partial charge in [0, 0.05) is 19.6 Å². The third-order valence-electron chi connectivity index (χ3n) is 2.24. The van der Waals surface area contributed by atoms with Crippen molar-refractivity contribution in [2.75, 3.05) is 46.0 Å². The minimum atomic E-state index is 0.236. The zero-order chi connectivity index (χ0) is 9.52. The minimum absolute atomic E-state index is 0.236. The predicted octanol–water partition coefficient (Wildman–Crippen LogP) is -0.318. The van der Waals surface area contributed by atoms with Crippen molar-refractivity contribution >= 4 is 0 Å². The van der Waals surface area contributed by atoms with Gasteiger partial charge in [0.1, 0.15) is 0 Å². The van der Waals surface area contributed by atoms with E-state index in [9.17, 15) is 0 Å². The van der Waals surface area contributed by atoms with E-state index in [4.69, 9.17) is 15.2 Å². The van der Waals surface area contributed by atoms with E-state index in [1.54, 1.807) is 0 Å². The van der Waals surface area contributed by atoms with Gasteiger partial charge in [-0.3, -0.25) is 4.90 Å². The molecule has 1 heterocycles. The monoisotopic (exact) mass is 188 g/mol. The largest absolute Gasteiger partial charge is 0.376 e. The Hall–Kier alpha value is -0.160. The van der Waals surface area contributed by atoms with Crippen LogP contribution in [0.5, 0.6) is 0 Å². The molecule has 1 atom stereocenters. The van der Waals surface area contributed by atoms with Crippen LogP contribution in [-0.2, 0) is 9.47 Å². The summed E-state index contributed by atoms with van der Waals surface area (Å²) in [6.45, 7) is 7.94. The Morgan fingerprint density at radius 1 is 1.46 bits per heavy atom. The van der Waals surface area contributed by atoms with Crippen LogP contribution >= 0.6 is 0 Å². The van der Waals surface area contributed by atoms with E-state index in [0.717, 1.165) is 39.5 Å². The van der Waals surface area contributed by atoms with Gasteiger partial charge in [0.15, 0.2) is 0 Å². The second-order valence-electron chi connectivity index (χ2n) is 3.25. The summed E-state index contributed by atoms with van der Waals surface area (Å²) in [5.41, 5.74) is 5.50. The molecule has 0 saturated carbocycles. The van der Waals surface area contributed by atoms with Crippen LogP contribution < -0.4 is 5.73 Å². The molecule has 1 fully saturated rings. The Bertz CT molecular complexity index is 124. The summed E-state index contributed by atoms with van der Waals surface area (Å²) in [7, 11) is 0. The van der Waals surface area contributed by atoms with Crippen molar-refractivity contribution in [3.63, 3.8) is 0 Å². The predicted molar refractivity (Wildman–Crippen MR) is 51.7 cm³/mol. The van der Waals surface area contributed by atoms with Crippen molar-refractivity contribution in [1.29, 1.82) is 0 Å². The van der Waals surface area contributed by atoms with Gasteiger partial charge in [-0.15, -0.1) is 0 Å². The van der Waals surface area contributed by atoms with Gasteiger partial charge in [-0.25, -0.2) is 0 Å². The molecule has 0 aromatic rings. The topological polar surface area (TPSA) is 47.7 Å². The quantitative estimate of drug-likeness (QED) is 0.642. The number of rotatable bonds is 5. The Kier molecular flexibility index (Phi) is 5.31. The Morgan fingerprint density at radius 3 is 2.85 bits per heavy atom. The first kappa shape index (κ1) is 10.9. The molecule has 0 spiro atoms. The Labute approximate surface area is 80.0 Å². The van der Waals surface area contributed by atoms with Gasteiger partial charge in [0.25, 0.3) is 0 Å². The average Bonchev–Trinajstić information content (AvgIpc) is 2.19. The number of nitrogens with zero attached hydrogens (tertiary/aromatic N) is 1. The molecule has 0 radical (unpaired) electrons. The lowest BCUT2D eigenvalue weighted by Gasteiger charge is -2.28. The fraction of sp³-hybridized carbons (Fsp3) is 1.00. The van der Waals surface area contributed by atoms with Gasteiger partial charge in [0.2, 0.25) is 0 Å². The molecule has 78 valence electrons. The van der Waals surface area contributed by atoms with E-state index < -0.39 is 0 Å². The molecule has 1 aliphatic heterocycles. The summed E-state index contributed by atoms with van der Waals surface area (Å²) in [6, 6.07) is 0. The number of likely N-dealkylation sites (N-methyl/N-ethyl adjacent to an activating group) is 1. The van der Waals surface area contributed by atoms with Crippen molar-refractivity contribution in [3.05, 3.63) is 0 Å². The highest BCUT2D eigenvalue weighted by Crippen LogP contribution is 2.02. The smallest absolute Gasteiger partial charge is 0.0936 e. The van der Waals surface area contributed by atoms with E-state index in [1.807, 2.05) is 0 Å². The molecule has 0 bridgehead atoms. The lowest BCUT2D eigenvalue weighted by atomic mass is 10.3. The van der Waals surface area contributed by atoms with Crippen LogP contribution in [0.2, 0.25) is 0 Å². The zero-order valence-corrected chi connectivity index (χ0v) is 8.37. The van der Waals surface area contributed by atoms with Crippen LogP contribution in [0, 0.1) is 0 Å². The van der Waals surface area contributed by atoms with Crippen LogP contribution in [0.1, 0.15) is 6.92 Å². The maximum atomic E-state index is 5.55. The summed E-state index contributed by atoms with van der Waals surface area (Å²) < 4.78 is 10.9. The first-order valence-corrected chi connectivity index (χ1v) is 4.98. The van der Waals surface area contributed by atoms with E-state index >= 15 is 0 Å². The molecule has 4 heteroatoms.